The fourth-order valence-electron chi connectivity index (χ4n) is 2.25. The first-order chi connectivity index (χ1) is 12.2. The third kappa shape index (κ3) is 4.33. The van der Waals surface area contributed by atoms with Crippen molar-refractivity contribution in [1.82, 2.24) is 4.90 Å². The molecule has 0 aliphatic carbocycles. The highest BCUT2D eigenvalue weighted by Gasteiger charge is 2.41. The summed E-state index contributed by atoms with van der Waals surface area (Å²) in [7, 11) is 0. The minimum absolute atomic E-state index is 0.0290. The summed E-state index contributed by atoms with van der Waals surface area (Å²) in [5.74, 6) is -3.29. The van der Waals surface area contributed by atoms with Crippen LogP contribution in [-0.4, -0.2) is 55.0 Å². The molecule has 8 nitrogen and oxygen atoms in total. The number of ether oxygens (including phenoxy) is 1. The van der Waals surface area contributed by atoms with Gasteiger partial charge in [-0.1, -0.05) is 30.0 Å². The number of thioether (sulfide) groups is 1. The zero-order valence-electron chi connectivity index (χ0n) is 13.5. The molecule has 1 heterocycles. The van der Waals surface area contributed by atoms with Crippen molar-refractivity contribution in [2.45, 2.75) is 19.4 Å². The first-order valence-electron chi connectivity index (χ1n) is 7.42. The van der Waals surface area contributed by atoms with E-state index in [4.69, 9.17) is 22.1 Å². The van der Waals surface area contributed by atoms with Gasteiger partial charge in [-0.25, -0.2) is 4.79 Å². The molecule has 0 bridgehead atoms. The molecule has 1 aliphatic rings. The molecule has 0 radical (unpaired) electrons. The molecule has 0 unspecified atom stereocenters. The van der Waals surface area contributed by atoms with Gasteiger partial charge in [0.1, 0.15) is 10.4 Å². The number of amides is 1. The molecule has 2 rings (SSSR count). The van der Waals surface area contributed by atoms with Crippen molar-refractivity contribution in [3.05, 3.63) is 28.7 Å². The quantitative estimate of drug-likeness (QED) is 0.467. The van der Waals surface area contributed by atoms with Crippen LogP contribution in [0.2, 0.25) is 0 Å². The number of carbonyl (C=O) groups is 3. The Kier molecular flexibility index (Phi) is 6.22. The van der Waals surface area contributed by atoms with Crippen molar-refractivity contribution in [3.8, 4) is 11.5 Å². The summed E-state index contributed by atoms with van der Waals surface area (Å²) in [5, 5.41) is 27.8. The lowest BCUT2D eigenvalue weighted by atomic mass is 10.1. The van der Waals surface area contributed by atoms with Gasteiger partial charge >= 0.3 is 11.9 Å². The molecule has 0 spiro atoms. The number of aliphatic carboxylic acids is 2. The number of carboxylic acid groups (broad SMARTS) is 2. The number of thiocarbonyl (C=S) groups is 1. The highest BCUT2D eigenvalue weighted by Crippen LogP contribution is 2.36. The minimum atomic E-state index is -1.58. The molecule has 1 saturated heterocycles. The normalized spacial score (nSPS) is 16.8. The van der Waals surface area contributed by atoms with Crippen LogP contribution in [0.15, 0.2) is 23.1 Å². The monoisotopic (exact) mass is 397 g/mol. The van der Waals surface area contributed by atoms with E-state index >= 15 is 0 Å². The van der Waals surface area contributed by atoms with E-state index in [2.05, 4.69) is 0 Å². The third-order valence-corrected chi connectivity index (χ3v) is 4.70. The van der Waals surface area contributed by atoms with Crippen molar-refractivity contribution in [3.63, 3.8) is 0 Å². The Morgan fingerprint density at radius 2 is 2.08 bits per heavy atom. The molecule has 1 fully saturated rings. The lowest BCUT2D eigenvalue weighted by Crippen LogP contribution is -2.45. The van der Waals surface area contributed by atoms with Crippen LogP contribution in [0.3, 0.4) is 0 Å². The molecular weight excluding hydrogens is 382 g/mol. The molecule has 10 heteroatoms. The number of carboxylic acids is 2. The van der Waals surface area contributed by atoms with Gasteiger partial charge in [-0.3, -0.25) is 14.5 Å². The van der Waals surface area contributed by atoms with Crippen LogP contribution in [0.5, 0.6) is 11.5 Å². The zero-order chi connectivity index (χ0) is 19.4. The largest absolute Gasteiger partial charge is 0.504 e. The van der Waals surface area contributed by atoms with E-state index in [1.807, 2.05) is 0 Å². The van der Waals surface area contributed by atoms with E-state index < -0.39 is 30.3 Å². The Bertz CT molecular complexity index is 806. The van der Waals surface area contributed by atoms with Crippen LogP contribution in [0.4, 0.5) is 0 Å². The smallest absolute Gasteiger partial charge is 0.327 e. The standard InChI is InChI=1S/C16H15NO7S2/c1-2-24-11-5-8(3-4-10(11)18)6-12-14(21)17(16(25)26-12)9(15(22)23)7-13(19)20/h3-6,9,18H,2,7H2,1H3,(H,19,20)(H,22,23)/b12-6-/t9-/m1/s1. The highest BCUT2D eigenvalue weighted by molar-refractivity contribution is 8.26. The minimum Gasteiger partial charge on any atom is -0.504 e. The second kappa shape index (κ2) is 8.19. The van der Waals surface area contributed by atoms with E-state index in [1.165, 1.54) is 18.2 Å². The summed E-state index contributed by atoms with van der Waals surface area (Å²) in [4.78, 5) is 35.7. The summed E-state index contributed by atoms with van der Waals surface area (Å²) in [6.45, 7) is 2.10. The molecule has 0 saturated carbocycles. The number of phenols is 1. The Morgan fingerprint density at radius 3 is 2.65 bits per heavy atom. The van der Waals surface area contributed by atoms with Crippen LogP contribution in [0.25, 0.3) is 6.08 Å². The lowest BCUT2D eigenvalue weighted by Gasteiger charge is -2.21. The number of carbonyl (C=O) groups excluding carboxylic acids is 1. The molecular formula is C16H15NO7S2. The van der Waals surface area contributed by atoms with Crippen molar-refractivity contribution >= 4 is 52.2 Å². The number of rotatable bonds is 7. The van der Waals surface area contributed by atoms with Gasteiger partial charge in [0.2, 0.25) is 0 Å². The molecule has 1 aromatic rings. The topological polar surface area (TPSA) is 124 Å². The van der Waals surface area contributed by atoms with Crippen molar-refractivity contribution in [2.24, 2.45) is 0 Å². The van der Waals surface area contributed by atoms with Gasteiger partial charge in [-0.15, -0.1) is 0 Å². The van der Waals surface area contributed by atoms with Gasteiger partial charge in [0.15, 0.2) is 11.5 Å². The van der Waals surface area contributed by atoms with E-state index in [9.17, 15) is 24.6 Å². The van der Waals surface area contributed by atoms with Crippen molar-refractivity contribution in [2.75, 3.05) is 6.61 Å². The number of nitrogens with zero attached hydrogens (tertiary/aromatic N) is 1. The Morgan fingerprint density at radius 1 is 1.38 bits per heavy atom. The predicted octanol–water partition coefficient (Wildman–Crippen LogP) is 1.92. The molecule has 1 amide bonds. The average Bonchev–Trinajstić information content (AvgIpc) is 2.82. The highest BCUT2D eigenvalue weighted by atomic mass is 32.2. The Balaban J connectivity index is 2.33. The number of hydrogen-bond donors (Lipinski definition) is 3. The van der Waals surface area contributed by atoms with Gasteiger partial charge in [0, 0.05) is 0 Å². The van der Waals surface area contributed by atoms with Gasteiger partial charge in [0.05, 0.1) is 17.9 Å². The van der Waals surface area contributed by atoms with Crippen LogP contribution >= 0.6 is 24.0 Å². The number of hydrogen-bond acceptors (Lipinski definition) is 7. The van der Waals surface area contributed by atoms with Gasteiger partial charge in [-0.2, -0.15) is 0 Å². The molecule has 1 atom stereocenters. The number of benzene rings is 1. The summed E-state index contributed by atoms with van der Waals surface area (Å²) in [6.07, 6.45) is 0.712. The summed E-state index contributed by atoms with van der Waals surface area (Å²) >= 11 is 5.94. The lowest BCUT2D eigenvalue weighted by molar-refractivity contribution is -0.150. The molecule has 138 valence electrons. The second-order valence-electron chi connectivity index (χ2n) is 5.16. The van der Waals surface area contributed by atoms with Crippen LogP contribution in [0.1, 0.15) is 18.9 Å². The van der Waals surface area contributed by atoms with Gasteiger partial charge < -0.3 is 20.1 Å². The number of phenolic OH excluding ortho intramolecular Hbond substituents is 1. The molecule has 26 heavy (non-hydrogen) atoms. The molecule has 3 N–H and O–H groups in total. The van der Waals surface area contributed by atoms with Crippen LogP contribution in [-0.2, 0) is 14.4 Å². The van der Waals surface area contributed by atoms with Gasteiger partial charge in [-0.05, 0) is 30.7 Å². The fraction of sp³-hybridized carbons (Fsp3) is 0.250. The second-order valence-corrected chi connectivity index (χ2v) is 6.84. The maximum absolute atomic E-state index is 12.5. The first kappa shape index (κ1) is 19.7. The molecule has 1 aromatic carbocycles. The summed E-state index contributed by atoms with van der Waals surface area (Å²) in [6, 6.07) is 2.90. The number of aromatic hydroxyl groups is 1. The summed E-state index contributed by atoms with van der Waals surface area (Å²) in [5.41, 5.74) is 0.539. The van der Waals surface area contributed by atoms with E-state index in [0.29, 0.717) is 12.2 Å². The molecule has 1 aliphatic heterocycles. The predicted molar refractivity (Wildman–Crippen MR) is 98.0 cm³/mol. The van der Waals surface area contributed by atoms with Crippen LogP contribution < -0.4 is 4.74 Å². The maximum atomic E-state index is 12.5. The van der Waals surface area contributed by atoms with Gasteiger partial charge in [0.25, 0.3) is 5.91 Å². The van der Waals surface area contributed by atoms with E-state index in [1.54, 1.807) is 13.0 Å². The summed E-state index contributed by atoms with van der Waals surface area (Å²) < 4.78 is 5.25. The third-order valence-electron chi connectivity index (χ3n) is 3.37. The first-order valence-corrected chi connectivity index (χ1v) is 8.64. The van der Waals surface area contributed by atoms with E-state index in [0.717, 1.165) is 16.7 Å². The maximum Gasteiger partial charge on any atom is 0.327 e. The fourth-order valence-corrected chi connectivity index (χ4v) is 3.60. The van der Waals surface area contributed by atoms with E-state index in [-0.39, 0.29) is 20.7 Å². The molecule has 0 aromatic heterocycles. The van der Waals surface area contributed by atoms with Crippen LogP contribution in [0, 0.1) is 0 Å². The average molecular weight is 397 g/mol. The van der Waals surface area contributed by atoms with Crippen molar-refractivity contribution in [1.29, 1.82) is 0 Å². The zero-order valence-corrected chi connectivity index (χ0v) is 15.2. The Hall–Kier alpha value is -2.59. The SMILES string of the molecule is CCOc1cc(/C=C2\SC(=S)N([C@H](CC(=O)O)C(=O)O)C2=O)ccc1O. The Labute approximate surface area is 158 Å². The van der Waals surface area contributed by atoms with Crippen molar-refractivity contribution < 1.29 is 34.4 Å².